The number of nitro groups is 1. The molecule has 3 aromatic heterocycles. The predicted octanol–water partition coefficient (Wildman–Crippen LogP) is 4.00. The lowest BCUT2D eigenvalue weighted by atomic mass is 10.2. The van der Waals surface area contributed by atoms with Gasteiger partial charge in [0, 0.05) is 22.7 Å². The lowest BCUT2D eigenvalue weighted by Crippen LogP contribution is -2.01. The molecule has 3 heterocycles. The molecule has 0 aliphatic carbocycles. The molecule has 9 nitrogen and oxygen atoms in total. The molecule has 142 valence electrons. The van der Waals surface area contributed by atoms with Crippen LogP contribution in [0.3, 0.4) is 0 Å². The van der Waals surface area contributed by atoms with Gasteiger partial charge in [0.05, 0.1) is 22.2 Å². The quantitative estimate of drug-likeness (QED) is 0.332. The van der Waals surface area contributed by atoms with Gasteiger partial charge in [-0.15, -0.1) is 5.10 Å². The van der Waals surface area contributed by atoms with E-state index in [-0.39, 0.29) is 5.69 Å². The normalized spacial score (nSPS) is 11.4. The fourth-order valence-electron chi connectivity index (χ4n) is 3.19. The van der Waals surface area contributed by atoms with Crippen LogP contribution in [0.1, 0.15) is 5.56 Å². The van der Waals surface area contributed by atoms with Crippen molar-refractivity contribution in [3.63, 3.8) is 0 Å². The Hall–Kier alpha value is -3.85. The zero-order valence-corrected chi connectivity index (χ0v) is 15.8. The maximum atomic E-state index is 11.0. The third-order valence-electron chi connectivity index (χ3n) is 4.62. The van der Waals surface area contributed by atoms with Crippen molar-refractivity contribution in [1.29, 1.82) is 0 Å². The fourth-order valence-corrected chi connectivity index (χ4v) is 3.35. The number of hydrogen-bond donors (Lipinski definition) is 0. The second kappa shape index (κ2) is 6.35. The van der Waals surface area contributed by atoms with E-state index in [0.29, 0.717) is 33.1 Å². The largest absolute Gasteiger partial charge is 0.270 e. The van der Waals surface area contributed by atoms with E-state index in [1.807, 2.05) is 25.1 Å². The molecule has 0 bridgehead atoms. The highest BCUT2D eigenvalue weighted by atomic mass is 35.5. The smallest absolute Gasteiger partial charge is 0.258 e. The summed E-state index contributed by atoms with van der Waals surface area (Å²) in [5, 5.41) is 21.2. The summed E-state index contributed by atoms with van der Waals surface area (Å²) < 4.78 is 3.24. The van der Waals surface area contributed by atoms with E-state index in [2.05, 4.69) is 20.2 Å². The third-order valence-corrected chi connectivity index (χ3v) is 4.86. The average molecular weight is 406 g/mol. The molecule has 0 aliphatic heterocycles. The summed E-state index contributed by atoms with van der Waals surface area (Å²) in [7, 11) is 0. The number of hydrogen-bond acceptors (Lipinski definition) is 6. The second-order valence-electron chi connectivity index (χ2n) is 6.48. The van der Waals surface area contributed by atoms with Gasteiger partial charge in [0.15, 0.2) is 17.1 Å². The van der Waals surface area contributed by atoms with E-state index in [9.17, 15) is 10.1 Å². The minimum atomic E-state index is -0.448. The molecule has 0 saturated carbocycles. The minimum absolute atomic E-state index is 0.0196. The minimum Gasteiger partial charge on any atom is -0.258 e. The van der Waals surface area contributed by atoms with E-state index in [1.54, 1.807) is 29.3 Å². The number of nitro benzene ring substituents is 1. The molecule has 0 amide bonds. The maximum Gasteiger partial charge on any atom is 0.270 e. The van der Waals surface area contributed by atoms with Gasteiger partial charge in [-0.25, -0.2) is 19.2 Å². The van der Waals surface area contributed by atoms with Crippen LogP contribution >= 0.6 is 11.6 Å². The summed E-state index contributed by atoms with van der Waals surface area (Å²) in [6, 6.07) is 11.8. The Kier molecular flexibility index (Phi) is 3.78. The third kappa shape index (κ3) is 2.79. The number of rotatable bonds is 3. The molecule has 5 rings (SSSR count). The van der Waals surface area contributed by atoms with Crippen molar-refractivity contribution in [3.05, 3.63) is 75.7 Å². The Bertz CT molecular complexity index is 1420. The molecule has 0 fully saturated rings. The molecule has 0 N–H and O–H groups in total. The van der Waals surface area contributed by atoms with Crippen molar-refractivity contribution in [1.82, 2.24) is 29.4 Å². The zero-order chi connectivity index (χ0) is 20.1. The van der Waals surface area contributed by atoms with E-state index in [0.717, 1.165) is 11.3 Å². The van der Waals surface area contributed by atoms with E-state index >= 15 is 0 Å². The number of benzene rings is 2. The summed E-state index contributed by atoms with van der Waals surface area (Å²) in [5.74, 6) is 0.370. The van der Waals surface area contributed by atoms with Crippen molar-refractivity contribution < 1.29 is 4.92 Å². The van der Waals surface area contributed by atoms with Crippen LogP contribution < -0.4 is 0 Å². The molecule has 0 spiro atoms. The summed E-state index contributed by atoms with van der Waals surface area (Å²) in [5.41, 5.74) is 3.52. The van der Waals surface area contributed by atoms with Crippen LogP contribution in [0.15, 0.2) is 55.0 Å². The van der Waals surface area contributed by atoms with E-state index in [1.165, 1.54) is 16.6 Å². The van der Waals surface area contributed by atoms with Crippen molar-refractivity contribution in [3.8, 4) is 17.1 Å². The summed E-state index contributed by atoms with van der Waals surface area (Å²) in [6.07, 6.45) is 3.22. The molecular weight excluding hydrogens is 394 g/mol. The highest BCUT2D eigenvalue weighted by Crippen LogP contribution is 2.26. The van der Waals surface area contributed by atoms with Crippen LogP contribution in [0.25, 0.3) is 33.8 Å². The number of fused-ring (bicyclic) bond motifs is 3. The predicted molar refractivity (Wildman–Crippen MR) is 107 cm³/mol. The van der Waals surface area contributed by atoms with Crippen LogP contribution in [0.5, 0.6) is 0 Å². The fraction of sp³-hybridized carbons (Fsp3) is 0.0526. The summed E-state index contributed by atoms with van der Waals surface area (Å²) in [4.78, 5) is 19.6. The Balaban J connectivity index is 1.69. The highest BCUT2D eigenvalue weighted by Gasteiger charge is 2.16. The monoisotopic (exact) mass is 405 g/mol. The van der Waals surface area contributed by atoms with Crippen LogP contribution in [-0.2, 0) is 0 Å². The molecule has 0 atom stereocenters. The average Bonchev–Trinajstić information content (AvgIpc) is 3.33. The molecular formula is C19H12ClN7O2. The number of halogens is 1. The molecule has 0 aliphatic rings. The first kappa shape index (κ1) is 17.3. The number of nitrogens with zero attached hydrogens (tertiary/aromatic N) is 7. The first-order valence-electron chi connectivity index (χ1n) is 8.62. The lowest BCUT2D eigenvalue weighted by molar-refractivity contribution is -0.384. The topological polar surface area (TPSA) is 104 Å². The first-order chi connectivity index (χ1) is 14.0. The standard InChI is InChI=1S/C19H12ClN7O2/c1-11-5-6-13(20)8-16(11)26-18-15(9-22-26)19-23-17(24-25(19)10-21-18)12-3-2-4-14(7-12)27(28)29/h2-10H,1H3. The van der Waals surface area contributed by atoms with E-state index < -0.39 is 4.92 Å². The van der Waals surface area contributed by atoms with Gasteiger partial charge in [-0.2, -0.15) is 5.10 Å². The Morgan fingerprint density at radius 3 is 2.83 bits per heavy atom. The summed E-state index contributed by atoms with van der Waals surface area (Å²) in [6.45, 7) is 1.97. The van der Waals surface area contributed by atoms with Crippen molar-refractivity contribution in [2.75, 3.05) is 0 Å². The molecule has 5 aromatic rings. The van der Waals surface area contributed by atoms with Crippen LogP contribution in [0.2, 0.25) is 5.02 Å². The second-order valence-corrected chi connectivity index (χ2v) is 6.92. The molecule has 0 unspecified atom stereocenters. The van der Waals surface area contributed by atoms with Gasteiger partial charge in [-0.3, -0.25) is 10.1 Å². The van der Waals surface area contributed by atoms with Crippen molar-refractivity contribution in [2.45, 2.75) is 6.92 Å². The van der Waals surface area contributed by atoms with Crippen molar-refractivity contribution in [2.24, 2.45) is 0 Å². The maximum absolute atomic E-state index is 11.0. The van der Waals surface area contributed by atoms with E-state index in [4.69, 9.17) is 11.6 Å². The number of aryl methyl sites for hydroxylation is 1. The molecule has 0 radical (unpaired) electrons. The van der Waals surface area contributed by atoms with Crippen LogP contribution in [-0.4, -0.2) is 34.3 Å². The lowest BCUT2D eigenvalue weighted by Gasteiger charge is -2.07. The van der Waals surface area contributed by atoms with Gasteiger partial charge in [-0.1, -0.05) is 29.8 Å². The Labute approximate surface area is 168 Å². The number of aromatic nitrogens is 6. The van der Waals surface area contributed by atoms with Crippen LogP contribution in [0, 0.1) is 17.0 Å². The van der Waals surface area contributed by atoms with Gasteiger partial charge in [-0.05, 0) is 24.6 Å². The van der Waals surface area contributed by atoms with Gasteiger partial charge in [0.25, 0.3) is 5.69 Å². The Morgan fingerprint density at radius 2 is 2.00 bits per heavy atom. The number of non-ortho nitro benzene ring substituents is 1. The SMILES string of the molecule is Cc1ccc(Cl)cc1-n1ncc2c1ncn1nc(-c3cccc([N+](=O)[O-])c3)nc21. The van der Waals surface area contributed by atoms with Crippen molar-refractivity contribution >= 4 is 34.0 Å². The van der Waals surface area contributed by atoms with Gasteiger partial charge in [0.1, 0.15) is 6.33 Å². The summed E-state index contributed by atoms with van der Waals surface area (Å²) >= 11 is 6.15. The van der Waals surface area contributed by atoms with Gasteiger partial charge in [0.2, 0.25) is 0 Å². The highest BCUT2D eigenvalue weighted by molar-refractivity contribution is 6.30. The molecule has 10 heteroatoms. The molecule has 0 saturated heterocycles. The van der Waals surface area contributed by atoms with Crippen LogP contribution in [0.4, 0.5) is 5.69 Å². The molecule has 2 aromatic carbocycles. The molecule has 29 heavy (non-hydrogen) atoms. The first-order valence-corrected chi connectivity index (χ1v) is 8.99. The van der Waals surface area contributed by atoms with Gasteiger partial charge >= 0.3 is 0 Å². The zero-order valence-electron chi connectivity index (χ0n) is 15.0. The van der Waals surface area contributed by atoms with Gasteiger partial charge < -0.3 is 0 Å². The Morgan fingerprint density at radius 1 is 1.14 bits per heavy atom.